The van der Waals surface area contributed by atoms with Crippen molar-refractivity contribution in [3.05, 3.63) is 35.9 Å². The fourth-order valence-corrected chi connectivity index (χ4v) is 3.73. The van der Waals surface area contributed by atoms with Gasteiger partial charge in [0.1, 0.15) is 12.6 Å². The maximum absolute atomic E-state index is 13.1. The van der Waals surface area contributed by atoms with Crippen LogP contribution in [-0.4, -0.2) is 52.7 Å². The first kappa shape index (κ1) is 22.3. The Morgan fingerprint density at radius 1 is 1.32 bits per heavy atom. The molecule has 7 heteroatoms. The van der Waals surface area contributed by atoms with Crippen molar-refractivity contribution < 1.29 is 19.1 Å². The topological polar surface area (TPSA) is 75.7 Å². The largest absolute Gasteiger partial charge is 0.465 e. The van der Waals surface area contributed by atoms with Gasteiger partial charge in [-0.15, -0.1) is 0 Å². The van der Waals surface area contributed by atoms with Gasteiger partial charge in [0, 0.05) is 5.54 Å². The monoisotopic (exact) mass is 406 g/mol. The molecule has 1 fully saturated rings. The summed E-state index contributed by atoms with van der Waals surface area (Å²) in [5.74, 6) is -0.961. The highest BCUT2D eigenvalue weighted by atomic mass is 32.1. The number of carbonyl (C=O) groups excluding carboxylic acids is 3. The average Bonchev–Trinajstić information content (AvgIpc) is 2.74. The molecule has 1 aromatic carbocycles. The highest BCUT2D eigenvalue weighted by molar-refractivity contribution is 7.81. The predicted octanol–water partition coefficient (Wildman–Crippen LogP) is 2.37. The molecule has 1 aliphatic heterocycles. The van der Waals surface area contributed by atoms with E-state index in [-0.39, 0.29) is 25.0 Å². The molecular formula is C21H30N2O4S. The van der Waals surface area contributed by atoms with Gasteiger partial charge >= 0.3 is 5.97 Å². The number of likely N-dealkylation sites (tertiary alicyclic amines) is 1. The molecular weight excluding hydrogens is 376 g/mol. The van der Waals surface area contributed by atoms with E-state index >= 15 is 0 Å². The van der Waals surface area contributed by atoms with Crippen LogP contribution in [0.3, 0.4) is 0 Å². The molecule has 6 nitrogen and oxygen atoms in total. The van der Waals surface area contributed by atoms with Crippen LogP contribution in [0.4, 0.5) is 0 Å². The number of hydrogen-bond donors (Lipinski definition) is 2. The van der Waals surface area contributed by atoms with Gasteiger partial charge in [-0.05, 0) is 52.0 Å². The Bertz CT molecular complexity index is 693. The number of nitrogens with zero attached hydrogens (tertiary/aromatic N) is 1. The fraction of sp³-hybridized carbons (Fsp3) is 0.571. The lowest BCUT2D eigenvalue weighted by atomic mass is 9.97. The maximum atomic E-state index is 13.1. The van der Waals surface area contributed by atoms with Gasteiger partial charge in [0.15, 0.2) is 0 Å². The van der Waals surface area contributed by atoms with Crippen LogP contribution < -0.4 is 5.32 Å². The van der Waals surface area contributed by atoms with Crippen molar-refractivity contribution in [1.29, 1.82) is 0 Å². The van der Waals surface area contributed by atoms with E-state index in [2.05, 4.69) is 17.9 Å². The summed E-state index contributed by atoms with van der Waals surface area (Å²) in [4.78, 5) is 39.2. The number of amides is 2. The van der Waals surface area contributed by atoms with Crippen LogP contribution in [-0.2, 0) is 25.5 Å². The van der Waals surface area contributed by atoms with E-state index in [9.17, 15) is 14.4 Å². The molecule has 1 N–H and O–H groups in total. The SMILES string of the molecule is CCOC(=O)CN1C(=O)C(NC(=O)C(S)Cc2ccccc2)CCCC1(C)C. The van der Waals surface area contributed by atoms with Crippen LogP contribution in [0.15, 0.2) is 30.3 Å². The number of rotatable bonds is 7. The maximum Gasteiger partial charge on any atom is 0.325 e. The highest BCUT2D eigenvalue weighted by Gasteiger charge is 2.39. The third-order valence-electron chi connectivity index (χ3n) is 5.06. The molecule has 0 radical (unpaired) electrons. The van der Waals surface area contributed by atoms with Gasteiger partial charge in [-0.25, -0.2) is 0 Å². The third kappa shape index (κ3) is 5.99. The minimum absolute atomic E-state index is 0.111. The van der Waals surface area contributed by atoms with E-state index in [0.717, 1.165) is 18.4 Å². The summed E-state index contributed by atoms with van der Waals surface area (Å²) in [5, 5.41) is 2.29. The minimum atomic E-state index is -0.658. The standard InChI is InChI=1S/C21H30N2O4S/c1-4-27-18(24)14-23-20(26)16(11-8-12-21(23,2)3)22-19(25)17(28)13-15-9-6-5-7-10-15/h5-7,9-10,16-17,28H,4,8,11-14H2,1-3H3,(H,22,25). The van der Waals surface area contributed by atoms with Crippen molar-refractivity contribution >= 4 is 30.4 Å². The van der Waals surface area contributed by atoms with E-state index in [1.807, 2.05) is 44.2 Å². The first-order valence-corrected chi connectivity index (χ1v) is 10.3. The van der Waals surface area contributed by atoms with Crippen molar-refractivity contribution in [1.82, 2.24) is 10.2 Å². The molecule has 0 saturated carbocycles. The predicted molar refractivity (Wildman–Crippen MR) is 111 cm³/mol. The number of benzene rings is 1. The van der Waals surface area contributed by atoms with Crippen LogP contribution in [0.25, 0.3) is 0 Å². The van der Waals surface area contributed by atoms with E-state index in [4.69, 9.17) is 4.74 Å². The van der Waals surface area contributed by atoms with E-state index in [0.29, 0.717) is 12.8 Å². The lowest BCUT2D eigenvalue weighted by molar-refractivity contribution is -0.153. The Kier molecular flexibility index (Phi) is 7.92. The molecule has 0 spiro atoms. The smallest absolute Gasteiger partial charge is 0.325 e. The van der Waals surface area contributed by atoms with Crippen molar-refractivity contribution in [2.75, 3.05) is 13.2 Å². The quantitative estimate of drug-likeness (QED) is 0.538. The van der Waals surface area contributed by atoms with Gasteiger partial charge in [0.05, 0.1) is 11.9 Å². The zero-order chi connectivity index (χ0) is 20.7. The summed E-state index contributed by atoms with van der Waals surface area (Å²) in [7, 11) is 0. The van der Waals surface area contributed by atoms with Gasteiger partial charge in [-0.1, -0.05) is 30.3 Å². The Morgan fingerprint density at radius 3 is 2.64 bits per heavy atom. The van der Waals surface area contributed by atoms with Gasteiger partial charge in [0.2, 0.25) is 11.8 Å². The average molecular weight is 407 g/mol. The second-order valence-electron chi connectivity index (χ2n) is 7.70. The number of ether oxygens (including phenoxy) is 1. The second-order valence-corrected chi connectivity index (χ2v) is 8.32. The van der Waals surface area contributed by atoms with Crippen molar-refractivity contribution in [2.45, 2.75) is 63.3 Å². The highest BCUT2D eigenvalue weighted by Crippen LogP contribution is 2.27. The van der Waals surface area contributed by atoms with E-state index in [1.54, 1.807) is 6.92 Å². The molecule has 154 valence electrons. The van der Waals surface area contributed by atoms with Crippen LogP contribution in [0.2, 0.25) is 0 Å². The molecule has 2 amide bonds. The summed E-state index contributed by atoms with van der Waals surface area (Å²) in [6.45, 7) is 5.76. The number of thiol groups is 1. The molecule has 0 aliphatic carbocycles. The second kappa shape index (κ2) is 9.96. The number of hydrogen-bond acceptors (Lipinski definition) is 5. The van der Waals surface area contributed by atoms with Crippen molar-refractivity contribution in [2.24, 2.45) is 0 Å². The Morgan fingerprint density at radius 2 is 2.00 bits per heavy atom. The van der Waals surface area contributed by atoms with E-state index < -0.39 is 22.8 Å². The molecule has 28 heavy (non-hydrogen) atoms. The Hall–Kier alpha value is -2.02. The number of esters is 1. The molecule has 2 unspecified atom stereocenters. The summed E-state index contributed by atoms with van der Waals surface area (Å²) >= 11 is 4.42. The zero-order valence-electron chi connectivity index (χ0n) is 16.8. The van der Waals surface area contributed by atoms with Crippen LogP contribution >= 0.6 is 12.6 Å². The van der Waals surface area contributed by atoms with Crippen LogP contribution in [0.5, 0.6) is 0 Å². The molecule has 1 aliphatic rings. The lowest BCUT2D eigenvalue weighted by Gasteiger charge is -2.37. The summed E-state index contributed by atoms with van der Waals surface area (Å²) in [5.41, 5.74) is 0.531. The normalized spacial score (nSPS) is 20.2. The molecule has 2 atom stereocenters. The fourth-order valence-electron chi connectivity index (χ4n) is 3.44. The van der Waals surface area contributed by atoms with Gasteiger partial charge in [0.25, 0.3) is 0 Å². The van der Waals surface area contributed by atoms with Gasteiger partial charge in [-0.3, -0.25) is 14.4 Å². The summed E-state index contributed by atoms with van der Waals surface area (Å²) < 4.78 is 5.02. The number of carbonyl (C=O) groups is 3. The van der Waals surface area contributed by atoms with Crippen LogP contribution in [0.1, 0.15) is 45.6 Å². The van der Waals surface area contributed by atoms with Gasteiger partial charge < -0.3 is 15.0 Å². The molecule has 0 bridgehead atoms. The third-order valence-corrected chi connectivity index (χ3v) is 5.48. The van der Waals surface area contributed by atoms with Crippen molar-refractivity contribution in [3.8, 4) is 0 Å². The van der Waals surface area contributed by atoms with Crippen LogP contribution in [0, 0.1) is 0 Å². The van der Waals surface area contributed by atoms with Gasteiger partial charge in [-0.2, -0.15) is 12.6 Å². The number of nitrogens with one attached hydrogen (secondary N) is 1. The molecule has 0 aromatic heterocycles. The zero-order valence-corrected chi connectivity index (χ0v) is 17.7. The molecule has 1 heterocycles. The molecule has 1 saturated heterocycles. The summed E-state index contributed by atoms with van der Waals surface area (Å²) in [6.07, 6.45) is 2.55. The van der Waals surface area contributed by atoms with Crippen molar-refractivity contribution in [3.63, 3.8) is 0 Å². The Balaban J connectivity index is 2.05. The lowest BCUT2D eigenvalue weighted by Crippen LogP contribution is -2.56. The Labute approximate surface area is 172 Å². The first-order chi connectivity index (χ1) is 13.2. The molecule has 1 aromatic rings. The summed E-state index contributed by atoms with van der Waals surface area (Å²) in [6, 6.07) is 8.97. The minimum Gasteiger partial charge on any atom is -0.465 e. The van der Waals surface area contributed by atoms with E-state index in [1.165, 1.54) is 4.90 Å². The first-order valence-electron chi connectivity index (χ1n) is 9.74. The molecule has 2 rings (SSSR count).